The molecule has 0 aliphatic carbocycles. The molecule has 1 aliphatic rings. The summed E-state index contributed by atoms with van der Waals surface area (Å²) in [5.41, 5.74) is 3.98. The van der Waals surface area contributed by atoms with E-state index < -0.39 is 0 Å². The van der Waals surface area contributed by atoms with Crippen molar-refractivity contribution in [3.8, 4) is 22.8 Å². The third kappa shape index (κ3) is 3.67. The van der Waals surface area contributed by atoms with Crippen molar-refractivity contribution < 1.29 is 9.47 Å². The molecular formula is C20H25ClN4O2. The van der Waals surface area contributed by atoms with Crippen molar-refractivity contribution in [1.29, 1.82) is 0 Å². The van der Waals surface area contributed by atoms with Crippen LogP contribution in [0.3, 0.4) is 0 Å². The van der Waals surface area contributed by atoms with E-state index in [0.29, 0.717) is 5.75 Å². The van der Waals surface area contributed by atoms with E-state index >= 15 is 0 Å². The summed E-state index contributed by atoms with van der Waals surface area (Å²) in [4.78, 5) is 15.3. The van der Waals surface area contributed by atoms with Crippen LogP contribution in [0.25, 0.3) is 22.3 Å². The minimum absolute atomic E-state index is 0. The van der Waals surface area contributed by atoms with Gasteiger partial charge in [-0.2, -0.15) is 0 Å². The number of methoxy groups -OCH3 is 2. The average molecular weight is 389 g/mol. The van der Waals surface area contributed by atoms with Crippen molar-refractivity contribution in [3.05, 3.63) is 30.1 Å². The first-order valence-corrected chi connectivity index (χ1v) is 9.04. The van der Waals surface area contributed by atoms with E-state index in [9.17, 15) is 0 Å². The van der Waals surface area contributed by atoms with E-state index in [1.807, 2.05) is 25.1 Å². The van der Waals surface area contributed by atoms with Crippen molar-refractivity contribution in [3.63, 3.8) is 0 Å². The lowest BCUT2D eigenvalue weighted by Crippen LogP contribution is -2.30. The molecule has 0 radical (unpaired) electrons. The van der Waals surface area contributed by atoms with Crippen LogP contribution in [0.1, 0.15) is 25.1 Å². The number of aromatic amines is 1. The van der Waals surface area contributed by atoms with Crippen LogP contribution in [0.15, 0.2) is 24.3 Å². The second kappa shape index (κ2) is 8.05. The molecule has 4 rings (SSSR count). The molecule has 0 atom stereocenters. The monoisotopic (exact) mass is 388 g/mol. The quantitative estimate of drug-likeness (QED) is 0.719. The molecule has 0 unspecified atom stereocenters. The first-order valence-electron chi connectivity index (χ1n) is 9.04. The number of nitrogens with one attached hydrogen (secondary N) is 1. The topological polar surface area (TPSA) is 63.3 Å². The number of benzene rings is 1. The van der Waals surface area contributed by atoms with E-state index in [4.69, 9.17) is 14.5 Å². The largest absolute Gasteiger partial charge is 0.493 e. The fourth-order valence-electron chi connectivity index (χ4n) is 3.60. The summed E-state index contributed by atoms with van der Waals surface area (Å²) in [5.74, 6) is 3.24. The maximum atomic E-state index is 5.44. The molecule has 144 valence electrons. The number of hydrogen-bond donors (Lipinski definition) is 1. The zero-order valence-electron chi connectivity index (χ0n) is 15.9. The molecule has 1 aliphatic heterocycles. The fourth-order valence-corrected chi connectivity index (χ4v) is 3.60. The minimum Gasteiger partial charge on any atom is -0.493 e. The van der Waals surface area contributed by atoms with Crippen molar-refractivity contribution in [2.75, 3.05) is 32.2 Å². The van der Waals surface area contributed by atoms with Gasteiger partial charge in [-0.05, 0) is 50.5 Å². The molecule has 3 heterocycles. The van der Waals surface area contributed by atoms with Gasteiger partial charge in [-0.3, -0.25) is 0 Å². The second-order valence-electron chi connectivity index (χ2n) is 6.66. The van der Waals surface area contributed by atoms with Crippen molar-refractivity contribution >= 4 is 29.3 Å². The molecule has 0 bridgehead atoms. The molecule has 2 aromatic heterocycles. The Labute approximate surface area is 165 Å². The summed E-state index contributed by atoms with van der Waals surface area (Å²) < 4.78 is 10.8. The minimum atomic E-state index is 0. The molecule has 1 fully saturated rings. The summed E-state index contributed by atoms with van der Waals surface area (Å²) >= 11 is 0. The van der Waals surface area contributed by atoms with Crippen molar-refractivity contribution in [2.24, 2.45) is 0 Å². The first kappa shape index (κ1) is 19.3. The Kier molecular flexibility index (Phi) is 5.75. The lowest BCUT2D eigenvalue weighted by atomic mass is 10.1. The van der Waals surface area contributed by atoms with Gasteiger partial charge in [-0.25, -0.2) is 9.97 Å². The number of halogens is 1. The summed E-state index contributed by atoms with van der Waals surface area (Å²) in [5, 5.41) is 0. The van der Waals surface area contributed by atoms with Gasteiger partial charge >= 0.3 is 0 Å². The number of piperidine rings is 1. The second-order valence-corrected chi connectivity index (χ2v) is 6.66. The number of nitrogens with zero attached hydrogens (tertiary/aromatic N) is 3. The van der Waals surface area contributed by atoms with Crippen LogP contribution in [0, 0.1) is 6.92 Å². The van der Waals surface area contributed by atoms with E-state index in [2.05, 4.69) is 20.9 Å². The van der Waals surface area contributed by atoms with E-state index in [-0.39, 0.29) is 12.4 Å². The highest BCUT2D eigenvalue weighted by Crippen LogP contribution is 2.34. The SMILES string of the molecule is COc1ccc(-c2cc3nc(C)nc(N4CCCCC4)c3[nH]2)cc1OC.Cl. The van der Waals surface area contributed by atoms with E-state index in [1.54, 1.807) is 14.2 Å². The Morgan fingerprint density at radius 1 is 0.963 bits per heavy atom. The average Bonchev–Trinajstić information content (AvgIpc) is 3.11. The van der Waals surface area contributed by atoms with Crippen LogP contribution in [0.2, 0.25) is 0 Å². The smallest absolute Gasteiger partial charge is 0.161 e. The van der Waals surface area contributed by atoms with Gasteiger partial charge in [0.1, 0.15) is 11.3 Å². The Morgan fingerprint density at radius 2 is 1.70 bits per heavy atom. The number of fused-ring (bicyclic) bond motifs is 1. The molecule has 27 heavy (non-hydrogen) atoms. The Bertz CT molecular complexity index is 935. The molecule has 1 N–H and O–H groups in total. The highest BCUT2D eigenvalue weighted by Gasteiger charge is 2.19. The summed E-state index contributed by atoms with van der Waals surface area (Å²) in [6.45, 7) is 4.06. The molecule has 0 spiro atoms. The Morgan fingerprint density at radius 3 is 2.41 bits per heavy atom. The van der Waals surface area contributed by atoms with Crippen LogP contribution in [-0.2, 0) is 0 Å². The molecule has 1 saturated heterocycles. The normalized spacial score (nSPS) is 14.1. The third-order valence-electron chi connectivity index (χ3n) is 4.92. The molecular weight excluding hydrogens is 364 g/mol. The number of aryl methyl sites for hydroxylation is 1. The number of hydrogen-bond acceptors (Lipinski definition) is 5. The van der Waals surface area contributed by atoms with Crippen molar-refractivity contribution in [1.82, 2.24) is 15.0 Å². The molecule has 6 nitrogen and oxygen atoms in total. The highest BCUT2D eigenvalue weighted by molar-refractivity contribution is 5.91. The first-order chi connectivity index (χ1) is 12.7. The molecule has 0 amide bonds. The highest BCUT2D eigenvalue weighted by atomic mass is 35.5. The standard InChI is InChI=1S/C20H24N4O2.ClH/c1-13-21-16-12-15(14-7-8-17(25-2)18(11-14)26-3)23-19(16)20(22-13)24-9-5-4-6-10-24;/h7-8,11-12,23H,4-6,9-10H2,1-3H3;1H. The predicted molar refractivity (Wildman–Crippen MR) is 110 cm³/mol. The number of aromatic nitrogens is 3. The zero-order chi connectivity index (χ0) is 18.1. The number of ether oxygens (including phenoxy) is 2. The Hall–Kier alpha value is -2.47. The lowest BCUT2D eigenvalue weighted by Gasteiger charge is -2.28. The van der Waals surface area contributed by atoms with Gasteiger partial charge in [0.25, 0.3) is 0 Å². The molecule has 0 saturated carbocycles. The van der Waals surface area contributed by atoms with Crippen LogP contribution in [0.5, 0.6) is 11.5 Å². The maximum Gasteiger partial charge on any atom is 0.161 e. The van der Waals surface area contributed by atoms with Gasteiger partial charge in [-0.1, -0.05) is 0 Å². The van der Waals surface area contributed by atoms with E-state index in [1.165, 1.54) is 19.3 Å². The van der Waals surface area contributed by atoms with Gasteiger partial charge < -0.3 is 19.4 Å². The number of H-pyrrole nitrogens is 1. The van der Waals surface area contributed by atoms with Gasteiger partial charge in [0.05, 0.1) is 19.7 Å². The predicted octanol–water partition coefficient (Wildman–Crippen LogP) is 4.36. The van der Waals surface area contributed by atoms with Gasteiger partial charge in [0.2, 0.25) is 0 Å². The van der Waals surface area contributed by atoms with Crippen molar-refractivity contribution in [2.45, 2.75) is 26.2 Å². The zero-order valence-corrected chi connectivity index (χ0v) is 16.7. The lowest BCUT2D eigenvalue weighted by molar-refractivity contribution is 0.355. The maximum absolute atomic E-state index is 5.44. The van der Waals surface area contributed by atoms with Gasteiger partial charge in [0.15, 0.2) is 17.3 Å². The summed E-state index contributed by atoms with van der Waals surface area (Å²) in [6.07, 6.45) is 3.73. The van der Waals surface area contributed by atoms with Crippen LogP contribution in [-0.4, -0.2) is 42.3 Å². The van der Waals surface area contributed by atoms with Crippen LogP contribution < -0.4 is 14.4 Å². The third-order valence-corrected chi connectivity index (χ3v) is 4.92. The van der Waals surface area contributed by atoms with Gasteiger partial charge in [0, 0.05) is 24.3 Å². The van der Waals surface area contributed by atoms with Crippen LogP contribution in [0.4, 0.5) is 5.82 Å². The van der Waals surface area contributed by atoms with Crippen LogP contribution >= 0.6 is 12.4 Å². The molecule has 7 heteroatoms. The Balaban J connectivity index is 0.00000210. The number of rotatable bonds is 4. The summed E-state index contributed by atoms with van der Waals surface area (Å²) in [7, 11) is 3.29. The molecule has 3 aromatic rings. The fraction of sp³-hybridized carbons (Fsp3) is 0.400. The van der Waals surface area contributed by atoms with Gasteiger partial charge in [-0.15, -0.1) is 12.4 Å². The van der Waals surface area contributed by atoms with E-state index in [0.717, 1.165) is 52.8 Å². The number of anilines is 1. The summed E-state index contributed by atoms with van der Waals surface area (Å²) in [6, 6.07) is 8.00. The molecule has 1 aromatic carbocycles.